The summed E-state index contributed by atoms with van der Waals surface area (Å²) < 4.78 is 6.02. The highest BCUT2D eigenvalue weighted by Crippen LogP contribution is 2.72. The maximum atomic E-state index is 12.2. The van der Waals surface area contributed by atoms with E-state index in [0.29, 0.717) is 23.2 Å². The van der Waals surface area contributed by atoms with Gasteiger partial charge in [-0.2, -0.15) is 0 Å². The first-order valence-electron chi connectivity index (χ1n) is 14.9. The highest BCUT2D eigenvalue weighted by atomic mass is 16.5. The fourth-order valence-corrected chi connectivity index (χ4v) is 9.90. The van der Waals surface area contributed by atoms with Gasteiger partial charge in [-0.05, 0) is 112 Å². The first-order valence-corrected chi connectivity index (χ1v) is 14.9. The number of fused-ring (bicyclic) bond motifs is 4. The maximum absolute atomic E-state index is 12.2. The maximum Gasteiger partial charge on any atom is 0.305 e. The molecule has 0 saturated heterocycles. The van der Waals surface area contributed by atoms with Crippen molar-refractivity contribution < 1.29 is 9.53 Å². The molecule has 0 spiro atoms. The summed E-state index contributed by atoms with van der Waals surface area (Å²) in [6.07, 6.45) is 15.7. The first kappa shape index (κ1) is 27.0. The van der Waals surface area contributed by atoms with Gasteiger partial charge in [0.2, 0.25) is 0 Å². The molecule has 4 aliphatic rings. The molecule has 0 aromatic carbocycles. The van der Waals surface area contributed by atoms with Gasteiger partial charge in [0, 0.05) is 11.8 Å². The zero-order valence-corrected chi connectivity index (χ0v) is 24.5. The Hall–Kier alpha value is -1.05. The molecule has 0 bridgehead atoms. The van der Waals surface area contributed by atoms with Gasteiger partial charge >= 0.3 is 5.97 Å². The van der Waals surface area contributed by atoms with Crippen LogP contribution in [0.4, 0.5) is 0 Å². The van der Waals surface area contributed by atoms with Crippen LogP contribution >= 0.6 is 0 Å². The minimum atomic E-state index is -0.0287. The number of carbonyl (C=O) groups is 1. The van der Waals surface area contributed by atoms with Crippen LogP contribution in [0.5, 0.6) is 0 Å². The van der Waals surface area contributed by atoms with Gasteiger partial charge in [-0.3, -0.25) is 4.79 Å². The van der Waals surface area contributed by atoms with Crippen LogP contribution in [0.25, 0.3) is 0 Å². The first-order chi connectivity index (χ1) is 16.3. The molecule has 2 unspecified atom stereocenters. The van der Waals surface area contributed by atoms with Crippen molar-refractivity contribution in [3.8, 4) is 0 Å². The molecule has 0 aliphatic heterocycles. The normalized spacial score (nSPS) is 40.9. The molecule has 0 radical (unpaired) electrons. The minimum Gasteiger partial charge on any atom is -0.462 e. The summed E-state index contributed by atoms with van der Waals surface area (Å²) in [6, 6.07) is 0. The van der Waals surface area contributed by atoms with E-state index in [-0.39, 0.29) is 22.9 Å². The predicted octanol–water partition coefficient (Wildman–Crippen LogP) is 9.44. The number of hydrogen-bond donors (Lipinski definition) is 0. The van der Waals surface area contributed by atoms with Crippen molar-refractivity contribution in [1.82, 2.24) is 0 Å². The molecule has 35 heavy (non-hydrogen) atoms. The lowest BCUT2D eigenvalue weighted by Gasteiger charge is -2.62. The molecule has 4 aliphatic carbocycles. The highest BCUT2D eigenvalue weighted by molar-refractivity contribution is 5.69. The fourth-order valence-electron chi connectivity index (χ4n) is 9.90. The number of ether oxygens (including phenoxy) is 1. The van der Waals surface area contributed by atoms with E-state index in [1.165, 1.54) is 63.4 Å². The second-order valence-electron chi connectivity index (χ2n) is 14.4. The summed E-state index contributed by atoms with van der Waals surface area (Å²) in [5, 5.41) is 0. The van der Waals surface area contributed by atoms with Crippen molar-refractivity contribution in [3.63, 3.8) is 0 Å². The monoisotopic (exact) mass is 482 g/mol. The summed E-state index contributed by atoms with van der Waals surface area (Å²) >= 11 is 0. The summed E-state index contributed by atoms with van der Waals surface area (Å²) in [5.74, 6) is 2.22. The molecule has 0 heterocycles. The highest BCUT2D eigenvalue weighted by Gasteiger charge is 2.63. The van der Waals surface area contributed by atoms with Crippen LogP contribution in [-0.4, -0.2) is 12.1 Å². The summed E-state index contributed by atoms with van der Waals surface area (Å²) in [7, 11) is 0. The molecule has 0 aromatic heterocycles. The van der Waals surface area contributed by atoms with E-state index >= 15 is 0 Å². The Balaban J connectivity index is 1.61. The average molecular weight is 483 g/mol. The Morgan fingerprint density at radius 3 is 2.37 bits per heavy atom. The van der Waals surface area contributed by atoms with Gasteiger partial charge in [0.05, 0.1) is 0 Å². The lowest BCUT2D eigenvalue weighted by atomic mass is 9.43. The van der Waals surface area contributed by atoms with Crippen molar-refractivity contribution in [2.24, 2.45) is 39.4 Å². The molecular weight excluding hydrogens is 428 g/mol. The van der Waals surface area contributed by atoms with E-state index < -0.39 is 0 Å². The van der Waals surface area contributed by atoms with Gasteiger partial charge in [-0.1, -0.05) is 71.3 Å². The Morgan fingerprint density at radius 1 is 1.00 bits per heavy atom. The molecule has 0 aromatic rings. The third-order valence-corrected chi connectivity index (χ3v) is 12.2. The van der Waals surface area contributed by atoms with Crippen LogP contribution in [0.15, 0.2) is 22.8 Å². The Morgan fingerprint density at radius 2 is 1.71 bits per heavy atom. The van der Waals surface area contributed by atoms with Gasteiger partial charge in [-0.15, -0.1) is 0 Å². The standard InChI is InChI=1S/C33H54O2/c1-10-29(34)35-28-18-19-31(7)25-17-21-32(8)24(23(4)13-11-12-22(2)3)16-20-33(32,9)26(25)14-15-27(31)30(28,5)6/h12,23-24,27-28H,10-11,13-21H2,1-9H3/t23-,24-,27?,28?,31-,32-,33+/m1/s1. The van der Waals surface area contributed by atoms with Gasteiger partial charge in [-0.25, -0.2) is 0 Å². The number of allylic oxidation sites excluding steroid dienone is 4. The lowest BCUT2D eigenvalue weighted by Crippen LogP contribution is -2.55. The smallest absolute Gasteiger partial charge is 0.305 e. The van der Waals surface area contributed by atoms with Crippen LogP contribution in [0.2, 0.25) is 0 Å². The Bertz CT molecular complexity index is 889. The van der Waals surface area contributed by atoms with E-state index in [0.717, 1.165) is 18.3 Å². The summed E-state index contributed by atoms with van der Waals surface area (Å²) in [5.41, 5.74) is 6.25. The second kappa shape index (κ2) is 9.36. The van der Waals surface area contributed by atoms with Gasteiger partial charge in [0.1, 0.15) is 6.10 Å². The molecular formula is C33H54O2. The fraction of sp³-hybridized carbons (Fsp3) is 0.848. The molecule has 2 saturated carbocycles. The zero-order chi connectivity index (χ0) is 25.8. The second-order valence-corrected chi connectivity index (χ2v) is 14.4. The van der Waals surface area contributed by atoms with Gasteiger partial charge in [0.25, 0.3) is 0 Å². The summed E-state index contributed by atoms with van der Waals surface area (Å²) in [4.78, 5) is 12.2. The topological polar surface area (TPSA) is 26.3 Å². The lowest BCUT2D eigenvalue weighted by molar-refractivity contribution is -0.169. The number of carbonyl (C=O) groups excluding carboxylic acids is 1. The Kier molecular flexibility index (Phi) is 7.22. The average Bonchev–Trinajstić information content (AvgIpc) is 3.06. The van der Waals surface area contributed by atoms with Crippen LogP contribution in [-0.2, 0) is 9.53 Å². The van der Waals surface area contributed by atoms with E-state index in [4.69, 9.17) is 4.74 Å². The predicted molar refractivity (Wildman–Crippen MR) is 147 cm³/mol. The van der Waals surface area contributed by atoms with E-state index in [9.17, 15) is 4.79 Å². The number of esters is 1. The zero-order valence-electron chi connectivity index (χ0n) is 24.5. The number of hydrogen-bond acceptors (Lipinski definition) is 2. The third kappa shape index (κ3) is 4.17. The van der Waals surface area contributed by atoms with Crippen LogP contribution in [0.1, 0.15) is 133 Å². The van der Waals surface area contributed by atoms with Crippen molar-refractivity contribution in [2.45, 2.75) is 139 Å². The molecule has 2 nitrogen and oxygen atoms in total. The third-order valence-electron chi connectivity index (χ3n) is 12.2. The quantitative estimate of drug-likeness (QED) is 0.278. The van der Waals surface area contributed by atoms with Gasteiger partial charge in [0.15, 0.2) is 0 Å². The van der Waals surface area contributed by atoms with Crippen molar-refractivity contribution in [2.75, 3.05) is 0 Å². The Labute approximate surface area is 216 Å². The largest absolute Gasteiger partial charge is 0.462 e. The van der Waals surface area contributed by atoms with Crippen LogP contribution in [0.3, 0.4) is 0 Å². The van der Waals surface area contributed by atoms with E-state index in [2.05, 4.69) is 61.5 Å². The molecule has 0 amide bonds. The van der Waals surface area contributed by atoms with Crippen molar-refractivity contribution in [1.29, 1.82) is 0 Å². The van der Waals surface area contributed by atoms with E-state index in [1.807, 2.05) is 18.1 Å². The molecule has 7 atom stereocenters. The molecule has 2 fully saturated rings. The minimum absolute atomic E-state index is 0.0287. The van der Waals surface area contributed by atoms with Crippen LogP contribution < -0.4 is 0 Å². The van der Waals surface area contributed by atoms with Gasteiger partial charge < -0.3 is 4.74 Å². The number of rotatable bonds is 6. The van der Waals surface area contributed by atoms with Crippen molar-refractivity contribution in [3.05, 3.63) is 22.8 Å². The molecule has 2 heteroatoms. The van der Waals surface area contributed by atoms with Crippen LogP contribution in [0, 0.1) is 39.4 Å². The molecule has 4 rings (SSSR count). The molecule has 198 valence electrons. The SMILES string of the molecule is CCC(=O)OC1CC[C@]2(C)C3=C(CCC2C1(C)C)[C@]1(C)CC[C@H]([C@H](C)CCC=C(C)C)[C@@]1(C)CC3. The summed E-state index contributed by atoms with van der Waals surface area (Å²) in [6.45, 7) is 21.6. The molecule has 0 N–H and O–H groups in total. The van der Waals surface area contributed by atoms with E-state index in [1.54, 1.807) is 0 Å². The van der Waals surface area contributed by atoms with Crippen molar-refractivity contribution >= 4 is 5.97 Å².